The zero-order valence-corrected chi connectivity index (χ0v) is 11.4. The predicted molar refractivity (Wildman–Crippen MR) is 72.4 cm³/mol. The van der Waals surface area contributed by atoms with E-state index < -0.39 is 0 Å². The van der Waals surface area contributed by atoms with Crippen LogP contribution in [0.25, 0.3) is 4.96 Å². The molecule has 0 radical (unpaired) electrons. The molecule has 1 saturated carbocycles. The molecule has 5 nitrogen and oxygen atoms in total. The molecule has 1 aliphatic carbocycles. The number of aromatic nitrogens is 3. The van der Waals surface area contributed by atoms with Gasteiger partial charge in [0.05, 0.1) is 0 Å². The monoisotopic (exact) mass is 264 g/mol. The highest BCUT2D eigenvalue weighted by molar-refractivity contribution is 7.20. The Kier molecular flexibility index (Phi) is 2.62. The van der Waals surface area contributed by atoms with Crippen molar-refractivity contribution in [3.63, 3.8) is 0 Å². The second kappa shape index (κ2) is 4.05. The number of hydrogen-bond donors (Lipinski definition) is 1. The van der Waals surface area contributed by atoms with E-state index in [2.05, 4.69) is 22.3 Å². The van der Waals surface area contributed by atoms with E-state index >= 15 is 0 Å². The summed E-state index contributed by atoms with van der Waals surface area (Å²) in [6, 6.07) is 1.51. The van der Waals surface area contributed by atoms with Crippen molar-refractivity contribution in [3.05, 3.63) is 22.1 Å². The smallest absolute Gasteiger partial charge is 0.275 e. The normalized spacial score (nSPS) is 18.3. The highest BCUT2D eigenvalue weighted by Gasteiger charge is 2.29. The summed E-state index contributed by atoms with van der Waals surface area (Å²) in [6.07, 6.45) is 4.83. The Hall–Kier alpha value is -1.43. The average molecular weight is 264 g/mol. The van der Waals surface area contributed by atoms with Gasteiger partial charge in [-0.15, -0.1) is 5.10 Å². The van der Waals surface area contributed by atoms with Gasteiger partial charge < -0.3 is 5.32 Å². The van der Waals surface area contributed by atoms with Crippen molar-refractivity contribution in [1.82, 2.24) is 14.6 Å². The predicted octanol–water partition coefficient (Wildman–Crippen LogP) is 2.20. The van der Waals surface area contributed by atoms with Crippen molar-refractivity contribution in [2.45, 2.75) is 45.1 Å². The summed E-state index contributed by atoms with van der Waals surface area (Å²) in [6.45, 7) is 4.04. The van der Waals surface area contributed by atoms with Gasteiger partial charge in [0, 0.05) is 17.3 Å². The Morgan fingerprint density at radius 1 is 1.44 bits per heavy atom. The zero-order chi connectivity index (χ0) is 12.8. The molecule has 0 bridgehead atoms. The topological polar surface area (TPSA) is 59.3 Å². The Labute approximate surface area is 109 Å². The van der Waals surface area contributed by atoms with Gasteiger partial charge in [-0.1, -0.05) is 24.2 Å². The summed E-state index contributed by atoms with van der Waals surface area (Å²) >= 11 is 1.44. The van der Waals surface area contributed by atoms with Crippen LogP contribution in [0.3, 0.4) is 0 Å². The SMILES string of the molecule is Cc1cc(=O)n2nc(NC3(C)CCCC3)sc2n1. The van der Waals surface area contributed by atoms with Crippen LogP contribution >= 0.6 is 11.3 Å². The second-order valence-corrected chi connectivity index (χ2v) is 6.19. The van der Waals surface area contributed by atoms with Crippen LogP contribution in [0.5, 0.6) is 0 Å². The first kappa shape index (κ1) is 11.6. The molecule has 1 N–H and O–H groups in total. The fourth-order valence-corrected chi connectivity index (χ4v) is 3.51. The quantitative estimate of drug-likeness (QED) is 0.903. The van der Waals surface area contributed by atoms with Gasteiger partial charge in [0.1, 0.15) is 0 Å². The summed E-state index contributed by atoms with van der Waals surface area (Å²) in [7, 11) is 0. The molecule has 18 heavy (non-hydrogen) atoms. The maximum absolute atomic E-state index is 11.8. The van der Waals surface area contributed by atoms with Gasteiger partial charge in [-0.05, 0) is 26.7 Å². The lowest BCUT2D eigenvalue weighted by molar-refractivity contribution is 0.531. The van der Waals surface area contributed by atoms with Crippen LogP contribution in [0.2, 0.25) is 0 Å². The number of aryl methyl sites for hydroxylation is 1. The number of hydrogen-bond acceptors (Lipinski definition) is 5. The fourth-order valence-electron chi connectivity index (χ4n) is 2.51. The Morgan fingerprint density at radius 3 is 2.89 bits per heavy atom. The van der Waals surface area contributed by atoms with Gasteiger partial charge in [-0.3, -0.25) is 4.79 Å². The van der Waals surface area contributed by atoms with Crippen molar-refractivity contribution in [2.75, 3.05) is 5.32 Å². The Morgan fingerprint density at radius 2 is 2.17 bits per heavy atom. The molecule has 0 saturated heterocycles. The van der Waals surface area contributed by atoms with Crippen LogP contribution < -0.4 is 10.9 Å². The standard InChI is InChI=1S/C12H16N4OS/c1-8-7-9(17)16-11(13-8)18-10(15-16)14-12(2)5-3-4-6-12/h7H,3-6H2,1-2H3,(H,14,15). The summed E-state index contributed by atoms with van der Waals surface area (Å²) in [5, 5.41) is 8.56. The van der Waals surface area contributed by atoms with Gasteiger partial charge in [0.15, 0.2) is 0 Å². The van der Waals surface area contributed by atoms with Crippen LogP contribution in [-0.4, -0.2) is 20.1 Å². The Bertz CT molecular complexity index is 639. The number of anilines is 1. The zero-order valence-electron chi connectivity index (χ0n) is 10.6. The minimum absolute atomic E-state index is 0.113. The van der Waals surface area contributed by atoms with E-state index in [4.69, 9.17) is 0 Å². The van der Waals surface area contributed by atoms with Gasteiger partial charge >= 0.3 is 0 Å². The molecule has 6 heteroatoms. The van der Waals surface area contributed by atoms with E-state index in [1.54, 1.807) is 0 Å². The number of nitrogens with zero attached hydrogens (tertiary/aromatic N) is 3. The Balaban J connectivity index is 1.98. The van der Waals surface area contributed by atoms with E-state index in [1.165, 1.54) is 34.8 Å². The van der Waals surface area contributed by atoms with Crippen LogP contribution in [0.15, 0.2) is 10.9 Å². The summed E-state index contributed by atoms with van der Waals surface area (Å²) < 4.78 is 1.37. The van der Waals surface area contributed by atoms with E-state index in [1.807, 2.05) is 6.92 Å². The molecule has 2 aromatic heterocycles. The largest absolute Gasteiger partial charge is 0.355 e. The molecule has 2 heterocycles. The first-order valence-corrected chi connectivity index (χ1v) is 7.03. The van der Waals surface area contributed by atoms with Crippen molar-refractivity contribution < 1.29 is 0 Å². The average Bonchev–Trinajstić information content (AvgIpc) is 2.85. The third kappa shape index (κ3) is 2.01. The maximum Gasteiger partial charge on any atom is 0.275 e. The molecular formula is C12H16N4OS. The fraction of sp³-hybridized carbons (Fsp3) is 0.583. The first-order chi connectivity index (χ1) is 8.56. The summed E-state index contributed by atoms with van der Waals surface area (Å²) in [5.74, 6) is 0. The molecule has 0 aliphatic heterocycles. The van der Waals surface area contributed by atoms with E-state index in [0.717, 1.165) is 23.7 Å². The van der Waals surface area contributed by atoms with Crippen molar-refractivity contribution in [2.24, 2.45) is 0 Å². The molecule has 0 unspecified atom stereocenters. The molecule has 0 atom stereocenters. The second-order valence-electron chi connectivity index (χ2n) is 5.23. The van der Waals surface area contributed by atoms with E-state index in [0.29, 0.717) is 4.96 Å². The van der Waals surface area contributed by atoms with Crippen molar-refractivity contribution in [1.29, 1.82) is 0 Å². The molecule has 0 aromatic carbocycles. The summed E-state index contributed by atoms with van der Waals surface area (Å²) in [4.78, 5) is 16.8. The molecule has 0 amide bonds. The van der Waals surface area contributed by atoms with Crippen LogP contribution in [0, 0.1) is 6.92 Å². The van der Waals surface area contributed by atoms with Crippen LogP contribution in [-0.2, 0) is 0 Å². The lowest BCUT2D eigenvalue weighted by atomic mass is 10.0. The third-order valence-electron chi connectivity index (χ3n) is 3.49. The lowest BCUT2D eigenvalue weighted by Crippen LogP contribution is -2.30. The highest BCUT2D eigenvalue weighted by atomic mass is 32.1. The van der Waals surface area contributed by atoms with Gasteiger partial charge in [0.2, 0.25) is 10.1 Å². The van der Waals surface area contributed by atoms with Crippen LogP contribution in [0.4, 0.5) is 5.13 Å². The molecule has 3 rings (SSSR count). The van der Waals surface area contributed by atoms with E-state index in [-0.39, 0.29) is 11.1 Å². The van der Waals surface area contributed by atoms with Crippen molar-refractivity contribution in [3.8, 4) is 0 Å². The van der Waals surface area contributed by atoms with Crippen LogP contribution in [0.1, 0.15) is 38.3 Å². The number of nitrogens with one attached hydrogen (secondary N) is 1. The molecule has 0 spiro atoms. The maximum atomic E-state index is 11.8. The van der Waals surface area contributed by atoms with Gasteiger partial charge in [-0.25, -0.2) is 4.98 Å². The molecular weight excluding hydrogens is 248 g/mol. The molecule has 1 aliphatic rings. The summed E-state index contributed by atoms with van der Waals surface area (Å²) in [5.41, 5.74) is 0.743. The molecule has 96 valence electrons. The van der Waals surface area contributed by atoms with Crippen molar-refractivity contribution >= 4 is 21.4 Å². The number of rotatable bonds is 2. The minimum atomic E-state index is -0.113. The third-order valence-corrected chi connectivity index (χ3v) is 4.31. The number of fused-ring (bicyclic) bond motifs is 1. The van der Waals surface area contributed by atoms with Gasteiger partial charge in [-0.2, -0.15) is 4.52 Å². The molecule has 1 fully saturated rings. The highest BCUT2D eigenvalue weighted by Crippen LogP contribution is 2.33. The van der Waals surface area contributed by atoms with E-state index in [9.17, 15) is 4.79 Å². The lowest BCUT2D eigenvalue weighted by Gasteiger charge is -2.24. The minimum Gasteiger partial charge on any atom is -0.355 e. The van der Waals surface area contributed by atoms with Gasteiger partial charge in [0.25, 0.3) is 5.56 Å². The first-order valence-electron chi connectivity index (χ1n) is 6.21. The molecule has 2 aromatic rings.